The van der Waals surface area contributed by atoms with E-state index in [1.54, 1.807) is 6.07 Å². The zero-order valence-corrected chi connectivity index (χ0v) is 10.6. The monoisotopic (exact) mass is 294 g/mol. The van der Waals surface area contributed by atoms with Crippen LogP contribution in [0.2, 0.25) is 0 Å². The fourth-order valence-corrected chi connectivity index (χ4v) is 1.93. The molecule has 0 bridgehead atoms. The van der Waals surface area contributed by atoms with Crippen molar-refractivity contribution in [1.29, 1.82) is 0 Å². The van der Waals surface area contributed by atoms with Gasteiger partial charge in [0.1, 0.15) is 5.82 Å². The minimum absolute atomic E-state index is 0.280. The first-order valence-corrected chi connectivity index (χ1v) is 6.14. The zero-order chi connectivity index (χ0) is 11.3. The predicted molar refractivity (Wildman–Crippen MR) is 63.8 cm³/mol. The van der Waals surface area contributed by atoms with Gasteiger partial charge < -0.3 is 5.11 Å². The van der Waals surface area contributed by atoms with Crippen molar-refractivity contribution in [2.24, 2.45) is 0 Å². The molecule has 0 amide bonds. The van der Waals surface area contributed by atoms with E-state index in [0.717, 1.165) is 16.5 Å². The van der Waals surface area contributed by atoms with Crippen LogP contribution in [0, 0.1) is 5.82 Å². The molecule has 1 N–H and O–H groups in total. The first-order chi connectivity index (χ1) is 7.13. The second-order valence-electron chi connectivity index (χ2n) is 3.42. The molecule has 1 unspecified atom stereocenters. The van der Waals surface area contributed by atoms with Crippen LogP contribution < -0.4 is 0 Å². The van der Waals surface area contributed by atoms with Crippen LogP contribution in [-0.4, -0.2) is 17.1 Å². The van der Waals surface area contributed by atoms with Gasteiger partial charge in [-0.3, -0.25) is 0 Å². The Morgan fingerprint density at radius 1 is 1.47 bits per heavy atom. The molecule has 1 atom stereocenters. The Labute approximate surface area is 102 Å². The van der Waals surface area contributed by atoms with E-state index in [9.17, 15) is 9.50 Å². The molecule has 0 aromatic heterocycles. The molecule has 1 nitrogen and oxygen atoms in total. The van der Waals surface area contributed by atoms with Crippen molar-refractivity contribution in [1.82, 2.24) is 0 Å². The molecule has 15 heavy (non-hydrogen) atoms. The lowest BCUT2D eigenvalue weighted by Gasteiger charge is -2.11. The Bertz CT molecular complexity index is 319. The van der Waals surface area contributed by atoms with Crippen LogP contribution >= 0.6 is 27.5 Å². The molecule has 84 valence electrons. The summed E-state index contributed by atoms with van der Waals surface area (Å²) in [6, 6.07) is 4.48. The first-order valence-electron chi connectivity index (χ1n) is 4.81. The van der Waals surface area contributed by atoms with Crippen molar-refractivity contribution in [3.63, 3.8) is 0 Å². The Hall–Kier alpha value is -0.120. The van der Waals surface area contributed by atoms with Crippen molar-refractivity contribution in [2.75, 3.05) is 5.88 Å². The molecule has 0 saturated carbocycles. The summed E-state index contributed by atoms with van der Waals surface area (Å²) in [5, 5.41) is 9.65. The number of rotatable bonds is 5. The molecular formula is C11H13BrClFO. The summed E-state index contributed by atoms with van der Waals surface area (Å²) in [4.78, 5) is 0. The Kier molecular flexibility index (Phi) is 5.58. The third kappa shape index (κ3) is 4.49. The summed E-state index contributed by atoms with van der Waals surface area (Å²) in [6.07, 6.45) is 1.42. The highest BCUT2D eigenvalue weighted by Crippen LogP contribution is 2.20. The smallest absolute Gasteiger partial charge is 0.123 e. The van der Waals surface area contributed by atoms with Gasteiger partial charge in [-0.05, 0) is 43.0 Å². The van der Waals surface area contributed by atoms with Gasteiger partial charge in [0.15, 0.2) is 0 Å². The van der Waals surface area contributed by atoms with Gasteiger partial charge in [-0.2, -0.15) is 0 Å². The Balaban J connectivity index is 2.59. The standard InChI is InChI=1S/C11H13BrClFO/c12-11-4-3-9(14)6-8(11)7-10(15)2-1-5-13/h3-4,6,10,15H,1-2,5,7H2. The van der Waals surface area contributed by atoms with E-state index in [2.05, 4.69) is 15.9 Å². The molecule has 0 heterocycles. The molecule has 1 aromatic rings. The molecule has 0 saturated heterocycles. The van der Waals surface area contributed by atoms with Gasteiger partial charge >= 0.3 is 0 Å². The molecule has 0 aliphatic carbocycles. The number of hydrogen-bond acceptors (Lipinski definition) is 1. The molecule has 0 radical (unpaired) electrons. The predicted octanol–water partition coefficient (Wildman–Crippen LogP) is 3.51. The SMILES string of the molecule is OC(CCCCl)Cc1cc(F)ccc1Br. The summed E-state index contributed by atoms with van der Waals surface area (Å²) in [6.45, 7) is 0. The van der Waals surface area contributed by atoms with E-state index in [0.29, 0.717) is 18.7 Å². The highest BCUT2D eigenvalue weighted by molar-refractivity contribution is 9.10. The number of benzene rings is 1. The topological polar surface area (TPSA) is 20.2 Å². The average molecular weight is 296 g/mol. The lowest BCUT2D eigenvalue weighted by molar-refractivity contribution is 0.164. The quantitative estimate of drug-likeness (QED) is 0.824. The van der Waals surface area contributed by atoms with E-state index >= 15 is 0 Å². The highest BCUT2D eigenvalue weighted by Gasteiger charge is 2.08. The van der Waals surface area contributed by atoms with Gasteiger partial charge in [0.05, 0.1) is 6.10 Å². The van der Waals surface area contributed by atoms with Crippen LogP contribution in [0.1, 0.15) is 18.4 Å². The summed E-state index contributed by atoms with van der Waals surface area (Å²) >= 11 is 8.85. The number of hydrogen-bond donors (Lipinski definition) is 1. The summed E-state index contributed by atoms with van der Waals surface area (Å²) in [7, 11) is 0. The van der Waals surface area contributed by atoms with Gasteiger partial charge in [0.25, 0.3) is 0 Å². The molecule has 1 rings (SSSR count). The van der Waals surface area contributed by atoms with Crippen molar-refractivity contribution in [3.05, 3.63) is 34.1 Å². The maximum Gasteiger partial charge on any atom is 0.123 e. The molecule has 0 aliphatic heterocycles. The molecule has 0 spiro atoms. The van der Waals surface area contributed by atoms with Crippen molar-refractivity contribution in [3.8, 4) is 0 Å². The second-order valence-corrected chi connectivity index (χ2v) is 4.66. The van der Waals surface area contributed by atoms with Gasteiger partial charge in [0, 0.05) is 10.4 Å². The maximum absolute atomic E-state index is 12.9. The van der Waals surface area contributed by atoms with E-state index in [1.807, 2.05) is 0 Å². The van der Waals surface area contributed by atoms with Crippen LogP contribution in [0.25, 0.3) is 0 Å². The number of alkyl halides is 1. The lowest BCUT2D eigenvalue weighted by Crippen LogP contribution is -2.11. The summed E-state index contributed by atoms with van der Waals surface area (Å²) < 4.78 is 13.8. The average Bonchev–Trinajstić information content (AvgIpc) is 2.20. The molecule has 0 fully saturated rings. The first kappa shape index (κ1) is 12.9. The van der Waals surface area contributed by atoms with Crippen LogP contribution in [0.15, 0.2) is 22.7 Å². The van der Waals surface area contributed by atoms with Crippen LogP contribution in [0.5, 0.6) is 0 Å². The highest BCUT2D eigenvalue weighted by atomic mass is 79.9. The minimum atomic E-state index is -0.457. The Morgan fingerprint density at radius 3 is 2.87 bits per heavy atom. The van der Waals surface area contributed by atoms with Crippen LogP contribution in [0.3, 0.4) is 0 Å². The normalized spacial score (nSPS) is 12.8. The summed E-state index contributed by atoms with van der Waals surface area (Å²) in [5.74, 6) is 0.263. The van der Waals surface area contributed by atoms with E-state index in [4.69, 9.17) is 11.6 Å². The zero-order valence-electron chi connectivity index (χ0n) is 8.22. The summed E-state index contributed by atoms with van der Waals surface area (Å²) in [5.41, 5.74) is 0.789. The largest absolute Gasteiger partial charge is 0.393 e. The van der Waals surface area contributed by atoms with Crippen molar-refractivity contribution in [2.45, 2.75) is 25.4 Å². The third-order valence-corrected chi connectivity index (χ3v) is 3.18. The minimum Gasteiger partial charge on any atom is -0.393 e. The number of halogens is 3. The second kappa shape index (κ2) is 6.46. The molecule has 4 heteroatoms. The molecular weight excluding hydrogens is 282 g/mol. The van der Waals surface area contributed by atoms with Crippen molar-refractivity contribution < 1.29 is 9.50 Å². The molecule has 1 aromatic carbocycles. The molecule has 0 aliphatic rings. The van der Waals surface area contributed by atoms with Gasteiger partial charge in [-0.15, -0.1) is 11.6 Å². The van der Waals surface area contributed by atoms with E-state index in [1.165, 1.54) is 12.1 Å². The van der Waals surface area contributed by atoms with Gasteiger partial charge in [-0.1, -0.05) is 15.9 Å². The van der Waals surface area contributed by atoms with Gasteiger partial charge in [0.2, 0.25) is 0 Å². The number of aliphatic hydroxyl groups is 1. The maximum atomic E-state index is 12.9. The van der Waals surface area contributed by atoms with E-state index in [-0.39, 0.29) is 5.82 Å². The third-order valence-electron chi connectivity index (χ3n) is 2.13. The van der Waals surface area contributed by atoms with Crippen molar-refractivity contribution >= 4 is 27.5 Å². The lowest BCUT2D eigenvalue weighted by atomic mass is 10.0. The Morgan fingerprint density at radius 2 is 2.20 bits per heavy atom. The fourth-order valence-electron chi connectivity index (χ4n) is 1.37. The van der Waals surface area contributed by atoms with Crippen LogP contribution in [-0.2, 0) is 6.42 Å². The number of aliphatic hydroxyl groups excluding tert-OH is 1. The van der Waals surface area contributed by atoms with E-state index < -0.39 is 6.10 Å². The van der Waals surface area contributed by atoms with Crippen LogP contribution in [0.4, 0.5) is 4.39 Å². The van der Waals surface area contributed by atoms with Gasteiger partial charge in [-0.25, -0.2) is 4.39 Å². The fraction of sp³-hybridized carbons (Fsp3) is 0.455.